The Labute approximate surface area is 132 Å². The number of nitro benzene ring substituents is 1. The second-order valence-corrected chi connectivity index (χ2v) is 5.35. The number of phenols is 1. The first-order valence-corrected chi connectivity index (χ1v) is 7.28. The van der Waals surface area contributed by atoms with E-state index in [4.69, 9.17) is 0 Å². The van der Waals surface area contributed by atoms with Gasteiger partial charge in [-0.2, -0.15) is 0 Å². The van der Waals surface area contributed by atoms with Crippen molar-refractivity contribution in [2.24, 2.45) is 0 Å². The number of para-hydroxylation sites is 2. The van der Waals surface area contributed by atoms with Crippen LogP contribution < -0.4 is 9.80 Å². The molecule has 0 atom stereocenters. The van der Waals surface area contributed by atoms with Crippen LogP contribution in [0.15, 0.2) is 42.5 Å². The van der Waals surface area contributed by atoms with Gasteiger partial charge in [-0.3, -0.25) is 10.1 Å². The van der Waals surface area contributed by atoms with E-state index < -0.39 is 10.7 Å². The van der Waals surface area contributed by atoms with Crippen LogP contribution in [0, 0.1) is 15.9 Å². The molecule has 0 amide bonds. The number of aromatic hydroxyl groups is 1. The Balaban J connectivity index is 1.78. The maximum atomic E-state index is 13.5. The first-order chi connectivity index (χ1) is 11.1. The summed E-state index contributed by atoms with van der Waals surface area (Å²) < 4.78 is 13.5. The van der Waals surface area contributed by atoms with Crippen LogP contribution in [-0.4, -0.2) is 36.2 Å². The molecule has 1 heterocycles. The summed E-state index contributed by atoms with van der Waals surface area (Å²) in [7, 11) is 0. The number of hydrogen-bond donors (Lipinski definition) is 1. The Hall–Kier alpha value is -2.83. The Morgan fingerprint density at radius 2 is 1.61 bits per heavy atom. The fourth-order valence-electron chi connectivity index (χ4n) is 2.82. The van der Waals surface area contributed by atoms with E-state index in [1.165, 1.54) is 12.1 Å². The molecule has 0 spiro atoms. The molecule has 0 bridgehead atoms. The van der Waals surface area contributed by atoms with Gasteiger partial charge in [0.2, 0.25) is 0 Å². The zero-order valence-electron chi connectivity index (χ0n) is 12.4. The van der Waals surface area contributed by atoms with Crippen molar-refractivity contribution in [3.05, 3.63) is 58.4 Å². The summed E-state index contributed by atoms with van der Waals surface area (Å²) in [5, 5.41) is 21.0. The topological polar surface area (TPSA) is 69.9 Å². The van der Waals surface area contributed by atoms with Crippen molar-refractivity contribution in [2.75, 3.05) is 36.0 Å². The van der Waals surface area contributed by atoms with Crippen molar-refractivity contribution in [1.82, 2.24) is 0 Å². The smallest absolute Gasteiger partial charge is 0.292 e. The molecule has 2 aromatic carbocycles. The van der Waals surface area contributed by atoms with Gasteiger partial charge in [0.25, 0.3) is 5.69 Å². The van der Waals surface area contributed by atoms with Crippen LogP contribution in [0.5, 0.6) is 5.75 Å². The Morgan fingerprint density at radius 3 is 2.22 bits per heavy atom. The minimum absolute atomic E-state index is 0.0950. The molecule has 0 unspecified atom stereocenters. The highest BCUT2D eigenvalue weighted by Crippen LogP contribution is 2.32. The van der Waals surface area contributed by atoms with Gasteiger partial charge in [0, 0.05) is 38.3 Å². The molecule has 23 heavy (non-hydrogen) atoms. The Bertz CT molecular complexity index is 730. The van der Waals surface area contributed by atoms with Gasteiger partial charge in [0.05, 0.1) is 10.6 Å². The first-order valence-electron chi connectivity index (χ1n) is 7.28. The maximum absolute atomic E-state index is 13.5. The molecule has 2 aromatic rings. The number of phenolic OH excluding ortho intramolecular Hbond substituents is 1. The SMILES string of the molecule is O=[N+]([O-])c1ccc(F)cc1N1CCN(c2ccccc2O)CC1. The number of halogens is 1. The minimum Gasteiger partial charge on any atom is -0.506 e. The molecular weight excluding hydrogens is 301 g/mol. The van der Waals surface area contributed by atoms with Crippen molar-refractivity contribution >= 4 is 17.1 Å². The molecule has 1 aliphatic heterocycles. The molecular formula is C16H16FN3O3. The summed E-state index contributed by atoms with van der Waals surface area (Å²) in [5.74, 6) is -0.286. The second-order valence-electron chi connectivity index (χ2n) is 5.35. The lowest BCUT2D eigenvalue weighted by Crippen LogP contribution is -2.46. The van der Waals surface area contributed by atoms with Crippen LogP contribution in [0.4, 0.5) is 21.5 Å². The van der Waals surface area contributed by atoms with Gasteiger partial charge in [-0.1, -0.05) is 12.1 Å². The summed E-state index contributed by atoms with van der Waals surface area (Å²) in [6.07, 6.45) is 0. The fraction of sp³-hybridized carbons (Fsp3) is 0.250. The molecule has 1 N–H and O–H groups in total. The van der Waals surface area contributed by atoms with Crippen LogP contribution >= 0.6 is 0 Å². The molecule has 0 saturated carbocycles. The second kappa shape index (κ2) is 6.12. The van der Waals surface area contributed by atoms with Crippen LogP contribution in [0.2, 0.25) is 0 Å². The molecule has 7 heteroatoms. The minimum atomic E-state index is -0.496. The average molecular weight is 317 g/mol. The van der Waals surface area contributed by atoms with E-state index in [0.717, 1.165) is 11.8 Å². The molecule has 0 aliphatic carbocycles. The third-order valence-corrected chi connectivity index (χ3v) is 3.98. The van der Waals surface area contributed by atoms with Gasteiger partial charge in [0.1, 0.15) is 17.3 Å². The number of rotatable bonds is 3. The highest BCUT2D eigenvalue weighted by atomic mass is 19.1. The van der Waals surface area contributed by atoms with Crippen molar-refractivity contribution < 1.29 is 14.4 Å². The van der Waals surface area contributed by atoms with Gasteiger partial charge >= 0.3 is 0 Å². The van der Waals surface area contributed by atoms with Crippen LogP contribution in [0.1, 0.15) is 0 Å². The lowest BCUT2D eigenvalue weighted by atomic mass is 10.2. The Morgan fingerprint density at radius 1 is 1.00 bits per heavy atom. The predicted octanol–water partition coefficient (Wildman–Crippen LogP) is 2.77. The highest BCUT2D eigenvalue weighted by Gasteiger charge is 2.25. The lowest BCUT2D eigenvalue weighted by Gasteiger charge is -2.37. The van der Waals surface area contributed by atoms with E-state index in [2.05, 4.69) is 0 Å². The number of piperazine rings is 1. The van der Waals surface area contributed by atoms with E-state index in [0.29, 0.717) is 31.9 Å². The highest BCUT2D eigenvalue weighted by molar-refractivity contribution is 5.65. The third-order valence-electron chi connectivity index (χ3n) is 3.98. The molecule has 3 rings (SSSR count). The summed E-state index contributed by atoms with van der Waals surface area (Å²) in [6, 6.07) is 10.5. The lowest BCUT2D eigenvalue weighted by molar-refractivity contribution is -0.384. The van der Waals surface area contributed by atoms with Crippen molar-refractivity contribution in [2.45, 2.75) is 0 Å². The maximum Gasteiger partial charge on any atom is 0.292 e. The van der Waals surface area contributed by atoms with Gasteiger partial charge in [0.15, 0.2) is 0 Å². The molecule has 120 valence electrons. The molecule has 1 aliphatic rings. The molecule has 1 saturated heterocycles. The third kappa shape index (κ3) is 3.03. The number of nitro groups is 1. The van der Waals surface area contributed by atoms with E-state index in [1.54, 1.807) is 17.0 Å². The van der Waals surface area contributed by atoms with Crippen LogP contribution in [-0.2, 0) is 0 Å². The van der Waals surface area contributed by atoms with Crippen molar-refractivity contribution in [1.29, 1.82) is 0 Å². The summed E-state index contributed by atoms with van der Waals surface area (Å²) >= 11 is 0. The summed E-state index contributed by atoms with van der Waals surface area (Å²) in [5.41, 5.74) is 0.940. The van der Waals surface area contributed by atoms with Gasteiger partial charge in [-0.25, -0.2) is 4.39 Å². The predicted molar refractivity (Wildman–Crippen MR) is 85.6 cm³/mol. The standard InChI is InChI=1S/C16H16FN3O3/c17-12-5-6-13(20(22)23)15(11-12)19-9-7-18(8-10-19)14-3-1-2-4-16(14)21/h1-6,11,21H,7-10H2. The van der Waals surface area contributed by atoms with Crippen molar-refractivity contribution in [3.8, 4) is 5.75 Å². The van der Waals surface area contributed by atoms with Gasteiger partial charge in [-0.05, 0) is 18.2 Å². The molecule has 1 fully saturated rings. The zero-order valence-corrected chi connectivity index (χ0v) is 12.4. The normalized spacial score (nSPS) is 14.8. The summed E-state index contributed by atoms with van der Waals surface area (Å²) in [6.45, 7) is 2.20. The quantitative estimate of drug-likeness (QED) is 0.696. The molecule has 0 radical (unpaired) electrons. The number of nitrogens with zero attached hydrogens (tertiary/aromatic N) is 3. The fourth-order valence-corrected chi connectivity index (χ4v) is 2.82. The van der Waals surface area contributed by atoms with E-state index in [9.17, 15) is 19.6 Å². The Kier molecular flexibility index (Phi) is 4.01. The number of anilines is 2. The zero-order chi connectivity index (χ0) is 16.4. The van der Waals surface area contributed by atoms with Gasteiger partial charge in [-0.15, -0.1) is 0 Å². The number of benzene rings is 2. The van der Waals surface area contributed by atoms with Crippen molar-refractivity contribution in [3.63, 3.8) is 0 Å². The van der Waals surface area contributed by atoms with Crippen LogP contribution in [0.25, 0.3) is 0 Å². The summed E-state index contributed by atoms with van der Waals surface area (Å²) in [4.78, 5) is 14.4. The largest absolute Gasteiger partial charge is 0.506 e. The van der Waals surface area contributed by atoms with Gasteiger partial charge < -0.3 is 14.9 Å². The van der Waals surface area contributed by atoms with E-state index >= 15 is 0 Å². The molecule has 6 nitrogen and oxygen atoms in total. The molecule has 0 aromatic heterocycles. The van der Waals surface area contributed by atoms with E-state index in [-0.39, 0.29) is 11.4 Å². The van der Waals surface area contributed by atoms with E-state index in [1.807, 2.05) is 17.0 Å². The first kappa shape index (κ1) is 15.1. The monoisotopic (exact) mass is 317 g/mol. The average Bonchev–Trinajstić information content (AvgIpc) is 2.55. The number of hydrogen-bond acceptors (Lipinski definition) is 5. The van der Waals surface area contributed by atoms with Crippen LogP contribution in [0.3, 0.4) is 0 Å².